The van der Waals surface area contributed by atoms with Crippen LogP contribution in [0.2, 0.25) is 0 Å². The van der Waals surface area contributed by atoms with Crippen molar-refractivity contribution in [3.05, 3.63) is 42.1 Å². The third-order valence-electron chi connectivity index (χ3n) is 4.53. The largest absolute Gasteiger partial charge is 0.411 e. The first-order valence-corrected chi connectivity index (χ1v) is 7.92. The fourth-order valence-electron chi connectivity index (χ4n) is 3.38. The van der Waals surface area contributed by atoms with E-state index < -0.39 is 5.41 Å². The Labute approximate surface area is 135 Å². The molecule has 0 amide bonds. The molecular weight excluding hydrogens is 294 g/mol. The third-order valence-corrected chi connectivity index (χ3v) is 5.08. The van der Waals surface area contributed by atoms with Crippen LogP contribution < -0.4 is 5.32 Å². The molecule has 1 fully saturated rings. The highest BCUT2D eigenvalue weighted by Gasteiger charge is 2.44. The van der Waals surface area contributed by atoms with E-state index in [1.165, 1.54) is 0 Å². The molecule has 1 aliphatic carbocycles. The van der Waals surface area contributed by atoms with Gasteiger partial charge in [0, 0.05) is 18.6 Å². The molecule has 1 aromatic carbocycles. The van der Waals surface area contributed by atoms with Crippen LogP contribution in [-0.4, -0.2) is 27.9 Å². The Bertz CT molecular complexity index is 744. The lowest BCUT2D eigenvalue weighted by molar-refractivity contribution is 0.310. The zero-order valence-electron chi connectivity index (χ0n) is 12.5. The number of oxime groups is 1. The number of hydrogen-bond acceptors (Lipinski definition) is 4. The van der Waals surface area contributed by atoms with Crippen molar-refractivity contribution < 1.29 is 5.21 Å². The fourth-order valence-corrected chi connectivity index (χ4v) is 3.72. The van der Waals surface area contributed by atoms with Crippen molar-refractivity contribution in [3.8, 4) is 0 Å². The first-order valence-electron chi connectivity index (χ1n) is 7.51. The summed E-state index contributed by atoms with van der Waals surface area (Å²) in [7, 11) is 1.82. The average Bonchev–Trinajstić information content (AvgIpc) is 2.60. The molecule has 0 aliphatic heterocycles. The Morgan fingerprint density at radius 2 is 2.18 bits per heavy atom. The number of pyridine rings is 1. The number of likely N-dealkylation sites (N-methyl/N-ethyl adjacent to an activating group) is 1. The molecule has 1 aromatic heterocycles. The Morgan fingerprint density at radius 3 is 2.95 bits per heavy atom. The molecule has 114 valence electrons. The van der Waals surface area contributed by atoms with Crippen LogP contribution in [0.4, 0.5) is 0 Å². The summed E-state index contributed by atoms with van der Waals surface area (Å²) in [6.07, 6.45) is 5.53. The van der Waals surface area contributed by atoms with Crippen molar-refractivity contribution >= 4 is 33.8 Å². The first kappa shape index (κ1) is 14.9. The number of benzene rings is 1. The van der Waals surface area contributed by atoms with Crippen molar-refractivity contribution in [1.29, 1.82) is 0 Å². The van der Waals surface area contributed by atoms with Gasteiger partial charge < -0.3 is 10.5 Å². The standard InChI is InChI=1S/C17H19N3OS/c1-18-16(22)17(9-5-4-8-15(17)20-21)13-10-12-6-2-3-7-14(12)19-11-13/h2-3,6-7,10-11,21H,4-5,8-9H2,1H3,(H,18,22)/b20-15+. The average molecular weight is 313 g/mol. The third kappa shape index (κ3) is 2.25. The molecule has 3 rings (SSSR count). The van der Waals surface area contributed by atoms with Gasteiger partial charge in [-0.25, -0.2) is 0 Å². The van der Waals surface area contributed by atoms with Gasteiger partial charge >= 0.3 is 0 Å². The molecule has 5 heteroatoms. The van der Waals surface area contributed by atoms with Gasteiger partial charge in [-0.15, -0.1) is 0 Å². The first-order chi connectivity index (χ1) is 10.7. The van der Waals surface area contributed by atoms with Crippen LogP contribution in [0.5, 0.6) is 0 Å². The lowest BCUT2D eigenvalue weighted by Gasteiger charge is -2.38. The van der Waals surface area contributed by atoms with Crippen LogP contribution in [0.25, 0.3) is 10.9 Å². The number of nitrogens with zero attached hydrogens (tertiary/aromatic N) is 2. The highest BCUT2D eigenvalue weighted by molar-refractivity contribution is 7.80. The summed E-state index contributed by atoms with van der Waals surface area (Å²) in [5.74, 6) is 0. The Morgan fingerprint density at radius 1 is 1.36 bits per heavy atom. The maximum Gasteiger partial charge on any atom is 0.0917 e. The molecule has 1 atom stereocenters. The number of hydrogen-bond donors (Lipinski definition) is 2. The van der Waals surface area contributed by atoms with Gasteiger partial charge in [-0.05, 0) is 37.0 Å². The van der Waals surface area contributed by atoms with Crippen LogP contribution in [-0.2, 0) is 5.41 Å². The van der Waals surface area contributed by atoms with Gasteiger partial charge in [0.05, 0.1) is 21.6 Å². The van der Waals surface area contributed by atoms with E-state index in [2.05, 4.69) is 21.5 Å². The quantitative estimate of drug-likeness (QED) is 0.507. The number of thiocarbonyl (C=S) groups is 1. The molecule has 22 heavy (non-hydrogen) atoms. The smallest absolute Gasteiger partial charge is 0.0917 e. The summed E-state index contributed by atoms with van der Waals surface area (Å²) in [4.78, 5) is 5.25. The topological polar surface area (TPSA) is 57.5 Å². The van der Waals surface area contributed by atoms with Crippen LogP contribution in [0.3, 0.4) is 0 Å². The summed E-state index contributed by atoms with van der Waals surface area (Å²) in [6, 6.07) is 10.1. The highest BCUT2D eigenvalue weighted by Crippen LogP contribution is 2.39. The molecule has 2 aromatic rings. The molecular formula is C17H19N3OS. The fraction of sp³-hybridized carbons (Fsp3) is 0.353. The minimum absolute atomic E-state index is 0.548. The molecule has 1 heterocycles. The van der Waals surface area contributed by atoms with Crippen molar-refractivity contribution in [3.63, 3.8) is 0 Å². The van der Waals surface area contributed by atoms with Gasteiger partial charge in [0.25, 0.3) is 0 Å². The number of nitrogens with one attached hydrogen (secondary N) is 1. The minimum atomic E-state index is -0.548. The molecule has 0 saturated heterocycles. The SMILES string of the molecule is CNC(=S)C1(c2cnc3ccccc3c2)CCCC/C1=N\O. The van der Waals surface area contributed by atoms with Gasteiger partial charge in [-0.3, -0.25) is 4.98 Å². The number of rotatable bonds is 2. The second-order valence-electron chi connectivity index (χ2n) is 5.65. The predicted molar refractivity (Wildman–Crippen MR) is 92.8 cm³/mol. The Kier molecular flexibility index (Phi) is 4.07. The maximum atomic E-state index is 9.53. The van der Waals surface area contributed by atoms with Crippen LogP contribution >= 0.6 is 12.2 Å². The molecule has 4 nitrogen and oxygen atoms in total. The minimum Gasteiger partial charge on any atom is -0.411 e. The zero-order chi connectivity index (χ0) is 15.6. The van der Waals surface area contributed by atoms with Crippen molar-refractivity contribution in [1.82, 2.24) is 10.3 Å². The van der Waals surface area contributed by atoms with E-state index in [4.69, 9.17) is 12.2 Å². The predicted octanol–water partition coefficient (Wildman–Crippen LogP) is 3.42. The van der Waals surface area contributed by atoms with Crippen LogP contribution in [0.1, 0.15) is 31.2 Å². The van der Waals surface area contributed by atoms with Gasteiger partial charge in [0.1, 0.15) is 0 Å². The van der Waals surface area contributed by atoms with E-state index >= 15 is 0 Å². The molecule has 1 unspecified atom stereocenters. The van der Waals surface area contributed by atoms with E-state index in [0.29, 0.717) is 4.99 Å². The van der Waals surface area contributed by atoms with Crippen LogP contribution in [0.15, 0.2) is 41.7 Å². The van der Waals surface area contributed by atoms with Crippen molar-refractivity contribution in [2.75, 3.05) is 7.05 Å². The van der Waals surface area contributed by atoms with Gasteiger partial charge in [0.2, 0.25) is 0 Å². The number of para-hydroxylation sites is 1. The van der Waals surface area contributed by atoms with Crippen molar-refractivity contribution in [2.24, 2.45) is 5.16 Å². The lowest BCUT2D eigenvalue weighted by atomic mass is 9.68. The molecule has 1 aliphatic rings. The van der Waals surface area contributed by atoms with Gasteiger partial charge in [-0.2, -0.15) is 0 Å². The maximum absolute atomic E-state index is 9.53. The molecule has 1 saturated carbocycles. The second-order valence-corrected chi connectivity index (χ2v) is 6.06. The normalized spacial score (nSPS) is 23.6. The summed E-state index contributed by atoms with van der Waals surface area (Å²) >= 11 is 5.60. The monoisotopic (exact) mass is 313 g/mol. The Balaban J connectivity index is 2.21. The lowest BCUT2D eigenvalue weighted by Crippen LogP contribution is -2.50. The van der Waals surface area contributed by atoms with E-state index in [1.807, 2.05) is 37.5 Å². The second kappa shape index (κ2) is 6.01. The summed E-state index contributed by atoms with van der Waals surface area (Å²) < 4.78 is 0. The van der Waals surface area contributed by atoms with E-state index in [9.17, 15) is 5.21 Å². The van der Waals surface area contributed by atoms with E-state index in [0.717, 1.165) is 47.9 Å². The summed E-state index contributed by atoms with van der Waals surface area (Å²) in [5, 5.41) is 17.3. The highest BCUT2D eigenvalue weighted by atomic mass is 32.1. The van der Waals surface area contributed by atoms with E-state index in [1.54, 1.807) is 0 Å². The molecule has 0 spiro atoms. The number of aromatic nitrogens is 1. The number of fused-ring (bicyclic) bond motifs is 1. The molecule has 0 bridgehead atoms. The van der Waals surface area contributed by atoms with Crippen LogP contribution in [0, 0.1) is 0 Å². The van der Waals surface area contributed by atoms with Gasteiger partial charge in [0.15, 0.2) is 0 Å². The summed E-state index contributed by atoms with van der Waals surface area (Å²) in [5.41, 5.74) is 2.14. The van der Waals surface area contributed by atoms with E-state index in [-0.39, 0.29) is 0 Å². The Hall–Kier alpha value is -2.01. The summed E-state index contributed by atoms with van der Waals surface area (Å²) in [6.45, 7) is 0. The van der Waals surface area contributed by atoms with Crippen molar-refractivity contribution in [2.45, 2.75) is 31.1 Å². The zero-order valence-corrected chi connectivity index (χ0v) is 13.4. The van der Waals surface area contributed by atoms with Gasteiger partial charge in [-0.1, -0.05) is 42.0 Å². The molecule has 2 N–H and O–H groups in total. The molecule has 0 radical (unpaired) electrons.